The molecule has 36 heavy (non-hydrogen) atoms. The second kappa shape index (κ2) is 7.81. The van der Waals surface area contributed by atoms with E-state index in [-0.39, 0.29) is 31.5 Å². The van der Waals surface area contributed by atoms with Gasteiger partial charge in [0.15, 0.2) is 0 Å². The third kappa shape index (κ3) is 3.05. The Kier molecular flexibility index (Phi) is 5.20. The number of benzene rings is 2. The summed E-state index contributed by atoms with van der Waals surface area (Å²) >= 11 is 24.6. The first kappa shape index (κ1) is 24.0. The van der Waals surface area contributed by atoms with E-state index in [4.69, 9.17) is 46.4 Å². The molecule has 184 valence electrons. The van der Waals surface area contributed by atoms with Gasteiger partial charge < -0.3 is 0 Å². The second-order valence-electron chi connectivity index (χ2n) is 10.1. The van der Waals surface area contributed by atoms with Gasteiger partial charge in [0.2, 0.25) is 23.6 Å². The molecule has 0 spiro atoms. The Morgan fingerprint density at radius 2 is 0.972 bits per heavy atom. The molecule has 2 aromatic carbocycles. The smallest absolute Gasteiger partial charge is 0.238 e. The second-order valence-corrected chi connectivity index (χ2v) is 11.8. The van der Waals surface area contributed by atoms with Gasteiger partial charge in [0.05, 0.1) is 35.0 Å². The monoisotopic (exact) mass is 562 g/mol. The average molecular weight is 564 g/mol. The average Bonchev–Trinajstić information content (AvgIpc) is 3.18. The van der Waals surface area contributed by atoms with Crippen molar-refractivity contribution in [3.05, 3.63) is 68.1 Å². The summed E-state index contributed by atoms with van der Waals surface area (Å²) in [5.41, 5.74) is 0.312. The summed E-state index contributed by atoms with van der Waals surface area (Å²) in [5, 5.41) is 1.15. The third-order valence-electron chi connectivity index (χ3n) is 8.09. The van der Waals surface area contributed by atoms with Gasteiger partial charge in [-0.1, -0.05) is 65.0 Å². The fourth-order valence-corrected chi connectivity index (χ4v) is 8.04. The van der Waals surface area contributed by atoms with E-state index in [2.05, 4.69) is 0 Å². The van der Waals surface area contributed by atoms with Crippen molar-refractivity contribution in [3.8, 4) is 0 Å². The fourth-order valence-electron chi connectivity index (χ4n) is 7.01. The van der Waals surface area contributed by atoms with Crippen LogP contribution < -0.4 is 9.80 Å². The Balaban J connectivity index is 1.48. The molecule has 0 unspecified atom stereocenters. The summed E-state index contributed by atoms with van der Waals surface area (Å²) in [5.74, 6) is -5.49. The van der Waals surface area contributed by atoms with Crippen LogP contribution in [0.25, 0.3) is 0 Å². The van der Waals surface area contributed by atoms with E-state index in [0.717, 1.165) is 15.4 Å². The van der Waals surface area contributed by atoms with E-state index >= 15 is 0 Å². The lowest BCUT2D eigenvalue weighted by Gasteiger charge is -2.53. The third-order valence-corrected chi connectivity index (χ3v) is 8.96. The van der Waals surface area contributed by atoms with Crippen LogP contribution in [0.1, 0.15) is 13.8 Å². The van der Waals surface area contributed by atoms with Crippen molar-refractivity contribution in [1.82, 2.24) is 0 Å². The van der Waals surface area contributed by atoms with Gasteiger partial charge in [0.25, 0.3) is 0 Å². The molecule has 6 nitrogen and oxygen atoms in total. The lowest BCUT2D eigenvalue weighted by Crippen LogP contribution is -2.57. The van der Waals surface area contributed by atoms with E-state index in [0.29, 0.717) is 0 Å². The molecular weight excluding hydrogens is 546 g/mol. The highest BCUT2D eigenvalue weighted by atomic mass is 35.5. The lowest BCUT2D eigenvalue weighted by atomic mass is 9.46. The summed E-state index contributed by atoms with van der Waals surface area (Å²) in [6, 6.07) is 9.05. The molecular formula is C26H18Cl4N2O4. The van der Waals surface area contributed by atoms with Gasteiger partial charge in [-0.3, -0.25) is 19.2 Å². The Labute approximate surface area is 226 Å². The van der Waals surface area contributed by atoms with Crippen molar-refractivity contribution >= 4 is 81.4 Å². The van der Waals surface area contributed by atoms with Crippen LogP contribution in [0.4, 0.5) is 11.4 Å². The summed E-state index contributed by atoms with van der Waals surface area (Å²) in [6.07, 6.45) is 1.90. The summed E-state index contributed by atoms with van der Waals surface area (Å²) in [6.45, 7) is 3.64. The fraction of sp³-hybridized carbons (Fsp3) is 0.308. The van der Waals surface area contributed by atoms with E-state index in [1.807, 2.05) is 13.0 Å². The zero-order valence-corrected chi connectivity index (χ0v) is 22.0. The molecule has 7 rings (SSSR count). The predicted molar refractivity (Wildman–Crippen MR) is 137 cm³/mol. The van der Waals surface area contributed by atoms with Crippen LogP contribution in [0.3, 0.4) is 0 Å². The Morgan fingerprint density at radius 3 is 1.33 bits per heavy atom. The van der Waals surface area contributed by atoms with Crippen molar-refractivity contribution in [2.75, 3.05) is 9.80 Å². The highest BCUT2D eigenvalue weighted by Gasteiger charge is 2.74. The van der Waals surface area contributed by atoms with Crippen molar-refractivity contribution in [2.45, 2.75) is 13.8 Å². The Hall–Kier alpha value is -2.38. The molecule has 3 fully saturated rings. The van der Waals surface area contributed by atoms with Gasteiger partial charge in [0, 0.05) is 31.4 Å². The topological polar surface area (TPSA) is 74.8 Å². The summed E-state index contributed by atoms with van der Waals surface area (Å²) in [7, 11) is 0. The summed E-state index contributed by atoms with van der Waals surface area (Å²) < 4.78 is 0. The van der Waals surface area contributed by atoms with Crippen molar-refractivity contribution in [1.29, 1.82) is 0 Å². The molecule has 2 saturated heterocycles. The summed E-state index contributed by atoms with van der Waals surface area (Å²) in [4.78, 5) is 57.5. The SMILES string of the molecule is CC1=CC2(C)[C@@H]3C(=O)N(c4cc(Cl)cc(Cl)c4)C(=O)[C@@H]3C1[C@H]1C(=O)N(c3cc(Cl)cc(Cl)c3)C(=O)[C@H]12. The number of nitrogens with zero attached hydrogens (tertiary/aromatic N) is 2. The van der Waals surface area contributed by atoms with Crippen LogP contribution in [-0.2, 0) is 19.2 Å². The normalized spacial score (nSPS) is 32.8. The number of hydrogen-bond acceptors (Lipinski definition) is 4. The first-order chi connectivity index (χ1) is 16.9. The van der Waals surface area contributed by atoms with Crippen LogP contribution >= 0.6 is 46.4 Å². The zero-order valence-electron chi connectivity index (χ0n) is 19.0. The Morgan fingerprint density at radius 1 is 0.611 bits per heavy atom. The van der Waals surface area contributed by atoms with Crippen LogP contribution in [0.15, 0.2) is 48.0 Å². The number of amides is 4. The number of hydrogen-bond donors (Lipinski definition) is 0. The maximum atomic E-state index is 13.8. The van der Waals surface area contributed by atoms with Crippen LogP contribution in [0, 0.1) is 35.0 Å². The molecule has 0 N–H and O–H groups in total. The van der Waals surface area contributed by atoms with Crippen molar-refractivity contribution in [2.24, 2.45) is 35.0 Å². The van der Waals surface area contributed by atoms with Gasteiger partial charge in [-0.2, -0.15) is 0 Å². The molecule has 5 aliphatic rings. The number of anilines is 2. The number of carbonyl (C=O) groups excluding carboxylic acids is 4. The number of rotatable bonds is 2. The first-order valence-corrected chi connectivity index (χ1v) is 12.8. The molecule has 0 aromatic heterocycles. The molecule has 2 heterocycles. The van der Waals surface area contributed by atoms with E-state index < -0.39 is 58.6 Å². The van der Waals surface area contributed by atoms with E-state index in [1.165, 1.54) is 36.4 Å². The number of allylic oxidation sites excluding steroid dienone is 2. The highest BCUT2D eigenvalue weighted by molar-refractivity contribution is 6.37. The molecule has 1 saturated carbocycles. The van der Waals surface area contributed by atoms with Crippen LogP contribution in [0.5, 0.6) is 0 Å². The van der Waals surface area contributed by atoms with Gasteiger partial charge in [-0.05, 0) is 43.3 Å². The largest absolute Gasteiger partial charge is 0.274 e. The van der Waals surface area contributed by atoms with Crippen molar-refractivity contribution in [3.63, 3.8) is 0 Å². The van der Waals surface area contributed by atoms with Crippen LogP contribution in [-0.4, -0.2) is 23.6 Å². The highest BCUT2D eigenvalue weighted by Crippen LogP contribution is 2.66. The number of imide groups is 2. The van der Waals surface area contributed by atoms with Crippen molar-refractivity contribution < 1.29 is 19.2 Å². The minimum Gasteiger partial charge on any atom is -0.274 e. The van der Waals surface area contributed by atoms with Gasteiger partial charge >= 0.3 is 0 Å². The van der Waals surface area contributed by atoms with Gasteiger partial charge in [-0.25, -0.2) is 9.80 Å². The van der Waals surface area contributed by atoms with E-state index in [1.54, 1.807) is 6.92 Å². The minimum absolute atomic E-state index is 0.274. The lowest BCUT2D eigenvalue weighted by molar-refractivity contribution is -0.146. The molecule has 2 bridgehead atoms. The molecule has 10 heteroatoms. The standard InChI is InChI=1S/C26H18Cl4N2O4/c1-10-9-26(2)20-18(22(33)31(24(20)35)15-5-11(27)3-12(28)6-15)17(10)19-21(26)25(36)32(23(19)34)16-7-13(29)4-14(30)8-16/h3-9,17-21H,1-2H3/t17?,18-,19-,20+,21+,26?/m1/s1. The van der Waals surface area contributed by atoms with Crippen LogP contribution in [0.2, 0.25) is 20.1 Å². The number of carbonyl (C=O) groups is 4. The quantitative estimate of drug-likeness (QED) is 0.341. The maximum Gasteiger partial charge on any atom is 0.238 e. The molecule has 2 aliphatic heterocycles. The zero-order chi connectivity index (χ0) is 25.8. The molecule has 0 radical (unpaired) electrons. The minimum atomic E-state index is -1.05. The van der Waals surface area contributed by atoms with E-state index in [9.17, 15) is 19.2 Å². The Bertz CT molecular complexity index is 1320. The molecule has 4 atom stereocenters. The number of halogens is 4. The molecule has 2 aromatic rings. The molecule has 3 aliphatic carbocycles. The maximum absolute atomic E-state index is 13.8. The molecule has 4 amide bonds. The van der Waals surface area contributed by atoms with Gasteiger partial charge in [-0.15, -0.1) is 0 Å². The predicted octanol–water partition coefficient (Wildman–Crippen LogP) is 5.81. The van der Waals surface area contributed by atoms with Gasteiger partial charge in [0.1, 0.15) is 0 Å². The first-order valence-electron chi connectivity index (χ1n) is 11.3.